The van der Waals surface area contributed by atoms with E-state index in [2.05, 4.69) is 47.5 Å². The molecule has 3 aliphatic rings. The lowest BCUT2D eigenvalue weighted by molar-refractivity contribution is -0.136. The highest BCUT2D eigenvalue weighted by molar-refractivity contribution is 5.88. The molecule has 1 saturated heterocycles. The molecule has 1 spiro atoms. The minimum atomic E-state index is -0.517. The van der Waals surface area contributed by atoms with Crippen LogP contribution in [-0.2, 0) is 9.53 Å². The average Bonchev–Trinajstić information content (AvgIpc) is 3.17. The molecule has 29 heavy (non-hydrogen) atoms. The molecule has 0 aromatic heterocycles. The number of nitrogens with zero attached hydrogens (tertiary/aromatic N) is 1. The fraction of sp³-hybridized carbons (Fsp3) is 0.583. The van der Waals surface area contributed by atoms with Gasteiger partial charge in [-0.3, -0.25) is 4.79 Å². The number of nitrogens with one attached hydrogen (secondary N) is 1. The Labute approximate surface area is 173 Å². The van der Waals surface area contributed by atoms with Crippen LogP contribution in [0.1, 0.15) is 58.9 Å². The molecule has 1 N–H and O–H groups in total. The number of carbonyl (C=O) groups is 2. The van der Waals surface area contributed by atoms with Gasteiger partial charge in [-0.1, -0.05) is 43.3 Å². The van der Waals surface area contributed by atoms with E-state index in [1.54, 1.807) is 0 Å². The van der Waals surface area contributed by atoms with E-state index in [0.717, 1.165) is 19.3 Å². The zero-order valence-corrected chi connectivity index (χ0v) is 17.9. The molecule has 1 saturated carbocycles. The van der Waals surface area contributed by atoms with Crippen LogP contribution in [0.3, 0.4) is 0 Å². The fourth-order valence-electron chi connectivity index (χ4n) is 5.46. The Morgan fingerprint density at radius 3 is 2.66 bits per heavy atom. The molecular formula is C24H32N2O3. The molecule has 1 aliphatic carbocycles. The standard InChI is InChI=1S/C24H32N2O3/c1-16-20-14-18(17-8-6-5-7-9-17)11-13-26(20)21(27)24(16)12-10-19(15-24)25-22(28)29-23(2,3)4/h5-9,11,16,19-20H,10,12-15H2,1-4H3,(H,25,28)/t16?,19?,20?,24-/m0/s1. The first-order valence-corrected chi connectivity index (χ1v) is 10.7. The van der Waals surface area contributed by atoms with Crippen LogP contribution in [0.2, 0.25) is 0 Å². The Bertz CT molecular complexity index is 826. The van der Waals surface area contributed by atoms with Gasteiger partial charge in [-0.25, -0.2) is 4.79 Å². The monoisotopic (exact) mass is 396 g/mol. The summed E-state index contributed by atoms with van der Waals surface area (Å²) in [5, 5.41) is 3.00. The van der Waals surface area contributed by atoms with Crippen molar-refractivity contribution in [2.75, 3.05) is 6.54 Å². The van der Waals surface area contributed by atoms with E-state index in [4.69, 9.17) is 4.74 Å². The van der Waals surface area contributed by atoms with Crippen LogP contribution in [0.4, 0.5) is 4.79 Å². The van der Waals surface area contributed by atoms with E-state index in [0.29, 0.717) is 13.0 Å². The summed E-state index contributed by atoms with van der Waals surface area (Å²) in [5.74, 6) is 0.541. The lowest BCUT2D eigenvalue weighted by Crippen LogP contribution is -2.40. The first kappa shape index (κ1) is 20.0. The molecule has 5 nitrogen and oxygen atoms in total. The minimum absolute atomic E-state index is 0.000781. The lowest BCUT2D eigenvalue weighted by Gasteiger charge is -2.32. The van der Waals surface area contributed by atoms with Crippen LogP contribution < -0.4 is 5.32 Å². The molecule has 0 bridgehead atoms. The molecular weight excluding hydrogens is 364 g/mol. The van der Waals surface area contributed by atoms with Gasteiger partial charge in [0.15, 0.2) is 0 Å². The maximum absolute atomic E-state index is 13.4. The number of ether oxygens (including phenoxy) is 1. The zero-order valence-electron chi connectivity index (χ0n) is 17.9. The van der Waals surface area contributed by atoms with Crippen molar-refractivity contribution in [3.05, 3.63) is 42.0 Å². The normalized spacial score (nSPS) is 31.6. The quantitative estimate of drug-likeness (QED) is 0.807. The Morgan fingerprint density at radius 1 is 1.24 bits per heavy atom. The predicted molar refractivity (Wildman–Crippen MR) is 113 cm³/mol. The molecule has 3 unspecified atom stereocenters. The van der Waals surface area contributed by atoms with Crippen molar-refractivity contribution in [2.45, 2.75) is 71.1 Å². The van der Waals surface area contributed by atoms with Crippen molar-refractivity contribution in [1.82, 2.24) is 10.2 Å². The van der Waals surface area contributed by atoms with E-state index in [1.165, 1.54) is 11.1 Å². The van der Waals surface area contributed by atoms with Crippen LogP contribution in [0.15, 0.2) is 36.4 Å². The predicted octanol–water partition coefficient (Wildman–Crippen LogP) is 4.38. The molecule has 2 heterocycles. The number of fused-ring (bicyclic) bond motifs is 1. The number of rotatable bonds is 2. The van der Waals surface area contributed by atoms with Gasteiger partial charge < -0.3 is 15.0 Å². The van der Waals surface area contributed by atoms with Gasteiger partial charge in [-0.15, -0.1) is 0 Å². The minimum Gasteiger partial charge on any atom is -0.444 e. The summed E-state index contributed by atoms with van der Waals surface area (Å²) >= 11 is 0. The van der Waals surface area contributed by atoms with Crippen LogP contribution in [0, 0.1) is 11.3 Å². The Kier molecular flexibility index (Phi) is 4.96. The van der Waals surface area contributed by atoms with Gasteiger partial charge >= 0.3 is 6.09 Å². The van der Waals surface area contributed by atoms with Crippen molar-refractivity contribution in [3.63, 3.8) is 0 Å². The Morgan fingerprint density at radius 2 is 1.97 bits per heavy atom. The second-order valence-corrected chi connectivity index (χ2v) is 9.86. The summed E-state index contributed by atoms with van der Waals surface area (Å²) in [5.41, 5.74) is 1.72. The van der Waals surface area contributed by atoms with Gasteiger partial charge in [-0.05, 0) is 63.5 Å². The summed E-state index contributed by atoms with van der Waals surface area (Å²) in [4.78, 5) is 27.7. The summed E-state index contributed by atoms with van der Waals surface area (Å²) < 4.78 is 5.41. The van der Waals surface area contributed by atoms with Crippen molar-refractivity contribution in [3.8, 4) is 0 Å². The van der Waals surface area contributed by atoms with Crippen molar-refractivity contribution < 1.29 is 14.3 Å². The van der Waals surface area contributed by atoms with E-state index in [1.807, 2.05) is 26.8 Å². The molecule has 2 fully saturated rings. The molecule has 4 atom stereocenters. The number of hydrogen-bond donors (Lipinski definition) is 1. The van der Waals surface area contributed by atoms with E-state index < -0.39 is 5.60 Å². The first-order chi connectivity index (χ1) is 13.7. The topological polar surface area (TPSA) is 58.6 Å². The summed E-state index contributed by atoms with van der Waals surface area (Å²) in [6.45, 7) is 8.50. The van der Waals surface area contributed by atoms with Gasteiger partial charge in [0.05, 0.1) is 5.41 Å². The van der Waals surface area contributed by atoms with Crippen LogP contribution in [0.25, 0.3) is 5.57 Å². The van der Waals surface area contributed by atoms with Gasteiger partial charge in [0.2, 0.25) is 5.91 Å². The molecule has 2 amide bonds. The Hall–Kier alpha value is -2.30. The molecule has 2 aliphatic heterocycles. The smallest absolute Gasteiger partial charge is 0.407 e. The number of alkyl carbamates (subject to hydrolysis) is 1. The SMILES string of the molecule is CC1C2CC(c3ccccc3)=CCN2C(=O)[C@]12CCC(NC(=O)OC(C)(C)C)C2. The fourth-order valence-corrected chi connectivity index (χ4v) is 5.46. The highest BCUT2D eigenvalue weighted by atomic mass is 16.6. The number of carbonyl (C=O) groups excluding carboxylic acids is 2. The van der Waals surface area contributed by atoms with E-state index in [-0.39, 0.29) is 35.4 Å². The van der Waals surface area contributed by atoms with Crippen LogP contribution in [0.5, 0.6) is 0 Å². The van der Waals surface area contributed by atoms with Gasteiger partial charge in [0.25, 0.3) is 0 Å². The van der Waals surface area contributed by atoms with Crippen molar-refractivity contribution in [2.24, 2.45) is 11.3 Å². The second kappa shape index (κ2) is 7.19. The molecule has 5 heteroatoms. The summed E-state index contributed by atoms with van der Waals surface area (Å²) in [7, 11) is 0. The van der Waals surface area contributed by atoms with E-state index in [9.17, 15) is 9.59 Å². The second-order valence-electron chi connectivity index (χ2n) is 9.86. The third-order valence-corrected chi connectivity index (χ3v) is 6.91. The summed E-state index contributed by atoms with van der Waals surface area (Å²) in [6, 6.07) is 10.7. The average molecular weight is 397 g/mol. The molecule has 1 aromatic carbocycles. The van der Waals surface area contributed by atoms with Crippen LogP contribution >= 0.6 is 0 Å². The van der Waals surface area contributed by atoms with Gasteiger partial charge in [-0.2, -0.15) is 0 Å². The largest absolute Gasteiger partial charge is 0.444 e. The Balaban J connectivity index is 1.46. The molecule has 156 valence electrons. The van der Waals surface area contributed by atoms with E-state index >= 15 is 0 Å². The van der Waals surface area contributed by atoms with Gasteiger partial charge in [0.1, 0.15) is 5.60 Å². The van der Waals surface area contributed by atoms with Gasteiger partial charge in [0, 0.05) is 18.6 Å². The maximum atomic E-state index is 13.4. The van der Waals surface area contributed by atoms with Crippen molar-refractivity contribution >= 4 is 17.6 Å². The molecule has 1 aromatic rings. The molecule has 4 rings (SSSR count). The van der Waals surface area contributed by atoms with Crippen molar-refractivity contribution in [1.29, 1.82) is 0 Å². The number of benzene rings is 1. The lowest BCUT2D eigenvalue weighted by atomic mass is 9.73. The highest BCUT2D eigenvalue weighted by Gasteiger charge is 2.60. The third kappa shape index (κ3) is 3.67. The first-order valence-electron chi connectivity index (χ1n) is 10.7. The summed E-state index contributed by atoms with van der Waals surface area (Å²) in [6.07, 6.45) is 5.10. The van der Waals surface area contributed by atoms with Crippen LogP contribution in [-0.4, -0.2) is 41.1 Å². The highest BCUT2D eigenvalue weighted by Crippen LogP contribution is 2.54. The number of amides is 2. The third-order valence-electron chi connectivity index (χ3n) is 6.91. The zero-order chi connectivity index (χ0) is 20.8. The maximum Gasteiger partial charge on any atom is 0.407 e. The number of hydrogen-bond acceptors (Lipinski definition) is 3. The molecule has 0 radical (unpaired) electrons.